The van der Waals surface area contributed by atoms with Crippen LogP contribution in [0.15, 0.2) is 5.38 Å². The number of carboxylic acid groups (broad SMARTS) is 1. The van der Waals surface area contributed by atoms with Crippen LogP contribution in [0.3, 0.4) is 0 Å². The molecule has 0 bridgehead atoms. The molecule has 116 valence electrons. The number of hydrogen-bond donors (Lipinski definition) is 1. The van der Waals surface area contributed by atoms with Gasteiger partial charge in [-0.1, -0.05) is 6.92 Å². The average Bonchev–Trinajstić information content (AvgIpc) is 2.83. The van der Waals surface area contributed by atoms with E-state index in [2.05, 4.69) is 4.98 Å². The van der Waals surface area contributed by atoms with Crippen molar-refractivity contribution >= 4 is 23.2 Å². The number of carbonyl (C=O) groups excluding carboxylic acids is 1. The van der Waals surface area contributed by atoms with Gasteiger partial charge in [0.2, 0.25) is 5.91 Å². The third-order valence-electron chi connectivity index (χ3n) is 3.81. The minimum absolute atomic E-state index is 0.0704. The van der Waals surface area contributed by atoms with Crippen LogP contribution >= 0.6 is 11.3 Å². The van der Waals surface area contributed by atoms with Gasteiger partial charge in [-0.25, -0.2) is 4.98 Å². The molecule has 0 aliphatic carbocycles. The number of carboxylic acids is 1. The number of aromatic nitrogens is 1. The van der Waals surface area contributed by atoms with E-state index in [1.807, 2.05) is 19.2 Å². The molecule has 1 amide bonds. The van der Waals surface area contributed by atoms with Crippen LogP contribution in [-0.2, 0) is 16.0 Å². The Bertz CT molecular complexity index is 515. The van der Waals surface area contributed by atoms with Crippen molar-refractivity contribution in [2.75, 3.05) is 13.1 Å². The lowest BCUT2D eigenvalue weighted by atomic mass is 9.90. The van der Waals surface area contributed by atoms with Gasteiger partial charge in [-0.2, -0.15) is 0 Å². The molecule has 1 fully saturated rings. The first-order valence-electron chi connectivity index (χ1n) is 7.37. The predicted molar refractivity (Wildman–Crippen MR) is 81.3 cm³/mol. The van der Waals surface area contributed by atoms with E-state index in [0.717, 1.165) is 23.5 Å². The fraction of sp³-hybridized carbons (Fsp3) is 0.667. The maximum atomic E-state index is 12.2. The standard InChI is InChI=1S/C15H22N2O3S/c1-10-6-12(15(19)20)8-17(7-10)14(18)5-3-4-13-16-11(2)9-21-13/h9-10,12H,3-8H2,1-2H3,(H,19,20). The molecule has 1 aromatic heterocycles. The molecule has 0 aromatic carbocycles. The average molecular weight is 310 g/mol. The summed E-state index contributed by atoms with van der Waals surface area (Å²) in [4.78, 5) is 29.5. The van der Waals surface area contributed by atoms with Crippen molar-refractivity contribution < 1.29 is 14.7 Å². The molecule has 2 rings (SSSR count). The van der Waals surface area contributed by atoms with Crippen molar-refractivity contribution in [3.63, 3.8) is 0 Å². The van der Waals surface area contributed by atoms with Crippen molar-refractivity contribution in [3.8, 4) is 0 Å². The summed E-state index contributed by atoms with van der Waals surface area (Å²) < 4.78 is 0. The van der Waals surface area contributed by atoms with Gasteiger partial charge < -0.3 is 10.0 Å². The highest BCUT2D eigenvalue weighted by Gasteiger charge is 2.31. The Balaban J connectivity index is 1.80. The lowest BCUT2D eigenvalue weighted by Gasteiger charge is -2.34. The normalized spacial score (nSPS) is 22.3. The molecule has 1 saturated heterocycles. The van der Waals surface area contributed by atoms with Crippen molar-refractivity contribution in [2.24, 2.45) is 11.8 Å². The summed E-state index contributed by atoms with van der Waals surface area (Å²) in [6.45, 7) is 5.01. The van der Waals surface area contributed by atoms with Crippen LogP contribution in [0, 0.1) is 18.8 Å². The molecule has 1 aromatic rings. The molecule has 1 N–H and O–H groups in total. The zero-order valence-electron chi connectivity index (χ0n) is 12.5. The lowest BCUT2D eigenvalue weighted by molar-refractivity contribution is -0.146. The summed E-state index contributed by atoms with van der Waals surface area (Å²) in [7, 11) is 0. The van der Waals surface area contributed by atoms with Gasteiger partial charge in [0.1, 0.15) is 0 Å². The molecule has 2 unspecified atom stereocenters. The Morgan fingerprint density at radius 2 is 2.24 bits per heavy atom. The molecule has 2 atom stereocenters. The van der Waals surface area contributed by atoms with Crippen LogP contribution in [0.5, 0.6) is 0 Å². The molecule has 0 radical (unpaired) electrons. The largest absolute Gasteiger partial charge is 0.481 e. The second kappa shape index (κ2) is 7.02. The van der Waals surface area contributed by atoms with Crippen LogP contribution in [0.4, 0.5) is 0 Å². The number of likely N-dealkylation sites (tertiary alicyclic amines) is 1. The number of nitrogens with zero attached hydrogens (tertiary/aromatic N) is 2. The van der Waals surface area contributed by atoms with Gasteiger partial charge in [0.15, 0.2) is 0 Å². The first kappa shape index (κ1) is 15.9. The van der Waals surface area contributed by atoms with Gasteiger partial charge in [-0.15, -0.1) is 11.3 Å². The number of carbonyl (C=O) groups is 2. The van der Waals surface area contributed by atoms with Gasteiger partial charge >= 0.3 is 5.97 Å². The Kier molecular flexibility index (Phi) is 5.33. The Labute approximate surface area is 129 Å². The highest BCUT2D eigenvalue weighted by molar-refractivity contribution is 7.09. The smallest absolute Gasteiger partial charge is 0.308 e. The van der Waals surface area contributed by atoms with Crippen molar-refractivity contribution in [1.29, 1.82) is 0 Å². The van der Waals surface area contributed by atoms with Crippen LogP contribution in [0.25, 0.3) is 0 Å². The first-order chi connectivity index (χ1) is 9.95. The van der Waals surface area contributed by atoms with Gasteiger partial charge in [0.25, 0.3) is 0 Å². The third kappa shape index (κ3) is 4.52. The number of aliphatic carboxylic acids is 1. The predicted octanol–water partition coefficient (Wildman–Crippen LogP) is 2.34. The van der Waals surface area contributed by atoms with E-state index in [0.29, 0.717) is 25.9 Å². The molecular weight excluding hydrogens is 288 g/mol. The zero-order chi connectivity index (χ0) is 15.4. The van der Waals surface area contributed by atoms with Crippen molar-refractivity contribution in [1.82, 2.24) is 9.88 Å². The SMILES string of the molecule is Cc1csc(CCCC(=O)N2CC(C)CC(C(=O)O)C2)n1. The summed E-state index contributed by atoms with van der Waals surface area (Å²) in [5.74, 6) is -0.886. The second-order valence-corrected chi connectivity index (χ2v) is 6.85. The molecular formula is C15H22N2O3S. The van der Waals surface area contributed by atoms with Gasteiger partial charge in [0, 0.05) is 30.6 Å². The Morgan fingerprint density at radius 3 is 2.86 bits per heavy atom. The van der Waals surface area contributed by atoms with Crippen molar-refractivity contribution in [2.45, 2.75) is 39.5 Å². The number of thiazole rings is 1. The summed E-state index contributed by atoms with van der Waals surface area (Å²) in [5.41, 5.74) is 1.02. The molecule has 5 nitrogen and oxygen atoms in total. The summed E-state index contributed by atoms with van der Waals surface area (Å²) in [5, 5.41) is 12.2. The van der Waals surface area contributed by atoms with E-state index in [4.69, 9.17) is 5.11 Å². The summed E-state index contributed by atoms with van der Waals surface area (Å²) in [6, 6.07) is 0. The van der Waals surface area contributed by atoms with Crippen LogP contribution < -0.4 is 0 Å². The monoisotopic (exact) mass is 310 g/mol. The maximum absolute atomic E-state index is 12.2. The molecule has 1 aliphatic heterocycles. The molecule has 0 saturated carbocycles. The van der Waals surface area contributed by atoms with Crippen LogP contribution in [0.2, 0.25) is 0 Å². The molecule has 0 spiro atoms. The van der Waals surface area contributed by atoms with Gasteiger partial charge in [0.05, 0.1) is 10.9 Å². The van der Waals surface area contributed by atoms with Crippen LogP contribution in [-0.4, -0.2) is 40.0 Å². The van der Waals surface area contributed by atoms with Gasteiger partial charge in [-0.3, -0.25) is 9.59 Å². The zero-order valence-corrected chi connectivity index (χ0v) is 13.4. The fourth-order valence-corrected chi connectivity index (χ4v) is 3.62. The Morgan fingerprint density at radius 1 is 1.48 bits per heavy atom. The number of aryl methyl sites for hydroxylation is 2. The second-order valence-electron chi connectivity index (χ2n) is 5.91. The quantitative estimate of drug-likeness (QED) is 0.906. The minimum atomic E-state index is -0.794. The van der Waals surface area contributed by atoms with E-state index in [1.54, 1.807) is 16.2 Å². The van der Waals surface area contributed by atoms with Crippen LogP contribution in [0.1, 0.15) is 36.9 Å². The number of amides is 1. The molecule has 21 heavy (non-hydrogen) atoms. The van der Waals surface area contributed by atoms with Crippen molar-refractivity contribution in [3.05, 3.63) is 16.1 Å². The summed E-state index contributed by atoms with van der Waals surface area (Å²) >= 11 is 1.63. The molecule has 2 heterocycles. The van der Waals surface area contributed by atoms with E-state index < -0.39 is 11.9 Å². The number of rotatable bonds is 5. The minimum Gasteiger partial charge on any atom is -0.481 e. The maximum Gasteiger partial charge on any atom is 0.308 e. The number of hydrogen-bond acceptors (Lipinski definition) is 4. The fourth-order valence-electron chi connectivity index (χ4n) is 2.80. The number of piperidine rings is 1. The molecule has 6 heteroatoms. The lowest BCUT2D eigenvalue weighted by Crippen LogP contribution is -2.45. The van der Waals surface area contributed by atoms with E-state index in [1.165, 1.54) is 0 Å². The van der Waals surface area contributed by atoms with E-state index in [-0.39, 0.29) is 11.8 Å². The topological polar surface area (TPSA) is 70.5 Å². The first-order valence-corrected chi connectivity index (χ1v) is 8.25. The highest BCUT2D eigenvalue weighted by Crippen LogP contribution is 2.23. The highest BCUT2D eigenvalue weighted by atomic mass is 32.1. The van der Waals surface area contributed by atoms with E-state index in [9.17, 15) is 9.59 Å². The Hall–Kier alpha value is -1.43. The summed E-state index contributed by atoms with van der Waals surface area (Å²) in [6.07, 6.45) is 2.72. The third-order valence-corrected chi connectivity index (χ3v) is 4.84. The van der Waals surface area contributed by atoms with Gasteiger partial charge in [-0.05, 0) is 32.1 Å². The van der Waals surface area contributed by atoms with E-state index >= 15 is 0 Å². The molecule has 1 aliphatic rings.